The van der Waals surface area contributed by atoms with Crippen molar-refractivity contribution in [1.29, 1.82) is 0 Å². The standard InChI is InChI=1S/C22H17FN2O/c1-15(22(26)25-21-10-6-5-9-18(21)14-24-25)17-11-12-19(20(23)13-17)16-7-3-2-4-8-16/h2-15H,1H3. The van der Waals surface area contributed by atoms with Crippen molar-refractivity contribution in [3.05, 3.63) is 90.4 Å². The van der Waals surface area contributed by atoms with Crippen LogP contribution in [0.5, 0.6) is 0 Å². The first-order valence-electron chi connectivity index (χ1n) is 8.47. The normalized spacial score (nSPS) is 12.2. The third kappa shape index (κ3) is 2.80. The molecule has 1 unspecified atom stereocenters. The number of hydrogen-bond donors (Lipinski definition) is 0. The lowest BCUT2D eigenvalue weighted by atomic mass is 9.96. The van der Waals surface area contributed by atoms with Crippen LogP contribution in [0.2, 0.25) is 0 Å². The number of fused-ring (bicyclic) bond motifs is 1. The number of hydrogen-bond acceptors (Lipinski definition) is 2. The van der Waals surface area contributed by atoms with Gasteiger partial charge in [-0.05, 0) is 30.2 Å². The summed E-state index contributed by atoms with van der Waals surface area (Å²) in [5.74, 6) is -1.02. The molecule has 1 heterocycles. The topological polar surface area (TPSA) is 34.9 Å². The Morgan fingerprint density at radius 1 is 1.00 bits per heavy atom. The Hall–Kier alpha value is -3.27. The maximum atomic E-state index is 14.6. The summed E-state index contributed by atoms with van der Waals surface area (Å²) < 4.78 is 16.0. The Morgan fingerprint density at radius 3 is 2.50 bits per heavy atom. The largest absolute Gasteiger partial charge is 0.272 e. The fourth-order valence-electron chi connectivity index (χ4n) is 3.13. The quantitative estimate of drug-likeness (QED) is 0.506. The third-order valence-corrected chi connectivity index (χ3v) is 4.63. The summed E-state index contributed by atoms with van der Waals surface area (Å²) in [6.07, 6.45) is 1.67. The zero-order chi connectivity index (χ0) is 18.1. The lowest BCUT2D eigenvalue weighted by Crippen LogP contribution is -2.19. The molecule has 0 aliphatic rings. The second kappa shape index (κ2) is 6.56. The van der Waals surface area contributed by atoms with Crippen LogP contribution in [-0.4, -0.2) is 15.7 Å². The van der Waals surface area contributed by atoms with Crippen LogP contribution in [-0.2, 0) is 0 Å². The van der Waals surface area contributed by atoms with Crippen molar-refractivity contribution in [3.63, 3.8) is 0 Å². The molecule has 0 bridgehead atoms. The first-order chi connectivity index (χ1) is 12.6. The van der Waals surface area contributed by atoms with Crippen LogP contribution >= 0.6 is 0 Å². The number of para-hydroxylation sites is 1. The maximum absolute atomic E-state index is 14.6. The third-order valence-electron chi connectivity index (χ3n) is 4.63. The molecule has 1 aromatic heterocycles. The Balaban J connectivity index is 1.67. The molecule has 3 nitrogen and oxygen atoms in total. The molecule has 0 fully saturated rings. The summed E-state index contributed by atoms with van der Waals surface area (Å²) in [4.78, 5) is 12.9. The van der Waals surface area contributed by atoms with Crippen LogP contribution in [0.4, 0.5) is 4.39 Å². The molecular formula is C22H17FN2O. The van der Waals surface area contributed by atoms with Gasteiger partial charge in [0.25, 0.3) is 5.91 Å². The van der Waals surface area contributed by atoms with Gasteiger partial charge in [-0.25, -0.2) is 4.39 Å². The Morgan fingerprint density at radius 2 is 1.73 bits per heavy atom. The minimum Gasteiger partial charge on any atom is -0.272 e. The molecule has 1 atom stereocenters. The van der Waals surface area contributed by atoms with Gasteiger partial charge in [0.2, 0.25) is 0 Å². The van der Waals surface area contributed by atoms with Crippen molar-refractivity contribution >= 4 is 16.8 Å². The van der Waals surface area contributed by atoms with Gasteiger partial charge >= 0.3 is 0 Å². The van der Waals surface area contributed by atoms with Crippen LogP contribution in [0.15, 0.2) is 79.0 Å². The number of carbonyl (C=O) groups excluding carboxylic acids is 1. The number of benzene rings is 3. The molecule has 4 rings (SSSR count). The van der Waals surface area contributed by atoms with E-state index in [-0.39, 0.29) is 11.7 Å². The van der Waals surface area contributed by atoms with Crippen molar-refractivity contribution in [2.24, 2.45) is 0 Å². The zero-order valence-electron chi connectivity index (χ0n) is 14.3. The van der Waals surface area contributed by atoms with E-state index >= 15 is 0 Å². The van der Waals surface area contributed by atoms with Gasteiger partial charge in [-0.2, -0.15) is 9.78 Å². The average molecular weight is 344 g/mol. The van der Waals surface area contributed by atoms with E-state index in [9.17, 15) is 9.18 Å². The van der Waals surface area contributed by atoms with Crippen LogP contribution in [0.25, 0.3) is 22.0 Å². The van der Waals surface area contributed by atoms with Gasteiger partial charge in [0.15, 0.2) is 0 Å². The lowest BCUT2D eigenvalue weighted by Gasteiger charge is -2.13. The molecule has 0 radical (unpaired) electrons. The number of halogens is 1. The molecule has 0 aliphatic carbocycles. The highest BCUT2D eigenvalue weighted by atomic mass is 19.1. The second-order valence-corrected chi connectivity index (χ2v) is 6.28. The minimum absolute atomic E-state index is 0.182. The van der Waals surface area contributed by atoms with Gasteiger partial charge in [-0.1, -0.05) is 60.7 Å². The predicted octanol–water partition coefficient (Wildman–Crippen LogP) is 5.29. The van der Waals surface area contributed by atoms with E-state index in [0.717, 1.165) is 16.5 Å². The highest BCUT2D eigenvalue weighted by Crippen LogP contribution is 2.27. The van der Waals surface area contributed by atoms with Gasteiger partial charge in [-0.15, -0.1) is 0 Å². The number of rotatable bonds is 3. The van der Waals surface area contributed by atoms with Crippen molar-refractivity contribution in [2.45, 2.75) is 12.8 Å². The van der Waals surface area contributed by atoms with Crippen molar-refractivity contribution in [2.75, 3.05) is 0 Å². The van der Waals surface area contributed by atoms with E-state index in [1.807, 2.05) is 54.6 Å². The Labute approximate surface area is 150 Å². The van der Waals surface area contributed by atoms with Crippen LogP contribution in [0.1, 0.15) is 23.2 Å². The van der Waals surface area contributed by atoms with E-state index in [0.29, 0.717) is 11.1 Å². The van der Waals surface area contributed by atoms with E-state index in [4.69, 9.17) is 0 Å². The smallest absolute Gasteiger partial charge is 0.254 e. The monoisotopic (exact) mass is 344 g/mol. The second-order valence-electron chi connectivity index (χ2n) is 6.28. The fourth-order valence-corrected chi connectivity index (χ4v) is 3.13. The van der Waals surface area contributed by atoms with E-state index in [1.54, 1.807) is 25.3 Å². The molecule has 0 spiro atoms. The molecule has 0 amide bonds. The molecule has 26 heavy (non-hydrogen) atoms. The summed E-state index contributed by atoms with van der Waals surface area (Å²) in [5, 5.41) is 5.10. The lowest BCUT2D eigenvalue weighted by molar-refractivity contribution is 0.0874. The summed E-state index contributed by atoms with van der Waals surface area (Å²) >= 11 is 0. The molecule has 128 valence electrons. The Kier molecular flexibility index (Phi) is 4.09. The first-order valence-corrected chi connectivity index (χ1v) is 8.47. The molecule has 0 saturated heterocycles. The van der Waals surface area contributed by atoms with Gasteiger partial charge in [-0.3, -0.25) is 4.79 Å². The van der Waals surface area contributed by atoms with Gasteiger partial charge in [0.05, 0.1) is 17.6 Å². The molecule has 4 heteroatoms. The van der Waals surface area contributed by atoms with Crippen molar-refractivity contribution in [3.8, 4) is 11.1 Å². The highest BCUT2D eigenvalue weighted by Gasteiger charge is 2.21. The summed E-state index contributed by atoms with van der Waals surface area (Å²) in [6.45, 7) is 1.77. The van der Waals surface area contributed by atoms with E-state index in [1.165, 1.54) is 10.7 Å². The highest BCUT2D eigenvalue weighted by molar-refractivity contribution is 5.94. The van der Waals surface area contributed by atoms with Gasteiger partial charge < -0.3 is 0 Å². The minimum atomic E-state index is -0.502. The molecule has 4 aromatic rings. The van der Waals surface area contributed by atoms with Crippen LogP contribution in [0.3, 0.4) is 0 Å². The van der Waals surface area contributed by atoms with E-state index < -0.39 is 5.92 Å². The molecule has 3 aromatic carbocycles. The maximum Gasteiger partial charge on any atom is 0.254 e. The molecule has 0 saturated carbocycles. The van der Waals surface area contributed by atoms with Crippen molar-refractivity contribution in [1.82, 2.24) is 9.78 Å². The molecule has 0 aliphatic heterocycles. The fraction of sp³-hybridized carbons (Fsp3) is 0.0909. The summed E-state index contributed by atoms with van der Waals surface area (Å²) in [6, 6.07) is 21.9. The number of nitrogens with zero attached hydrogens (tertiary/aromatic N) is 2. The van der Waals surface area contributed by atoms with Crippen LogP contribution in [0, 0.1) is 5.82 Å². The number of aromatic nitrogens is 2. The Bertz CT molecular complexity index is 1090. The average Bonchev–Trinajstić information content (AvgIpc) is 3.11. The summed E-state index contributed by atoms with van der Waals surface area (Å²) in [5.41, 5.74) is 2.73. The van der Waals surface area contributed by atoms with Crippen molar-refractivity contribution < 1.29 is 9.18 Å². The molecule has 0 N–H and O–H groups in total. The van der Waals surface area contributed by atoms with Crippen LogP contribution < -0.4 is 0 Å². The summed E-state index contributed by atoms with van der Waals surface area (Å²) in [7, 11) is 0. The van der Waals surface area contributed by atoms with Gasteiger partial charge in [0, 0.05) is 10.9 Å². The van der Waals surface area contributed by atoms with Gasteiger partial charge in [0.1, 0.15) is 5.82 Å². The predicted molar refractivity (Wildman–Crippen MR) is 101 cm³/mol. The SMILES string of the molecule is CC(C(=O)n1ncc2ccccc21)c1ccc(-c2ccccc2)c(F)c1. The molecular weight excluding hydrogens is 327 g/mol. The number of carbonyl (C=O) groups is 1. The first kappa shape index (κ1) is 16.2. The zero-order valence-corrected chi connectivity index (χ0v) is 14.3. The van der Waals surface area contributed by atoms with E-state index in [2.05, 4.69) is 5.10 Å².